The molecular weight excluding hydrogens is 276 g/mol. The zero-order valence-electron chi connectivity index (χ0n) is 13.1. The Morgan fingerprint density at radius 3 is 2.55 bits per heavy atom. The number of nitrogens with one attached hydrogen (secondary N) is 2. The zero-order valence-corrected chi connectivity index (χ0v) is 13.1. The van der Waals surface area contributed by atoms with E-state index in [2.05, 4.69) is 30.5 Å². The summed E-state index contributed by atoms with van der Waals surface area (Å²) in [5.41, 5.74) is 3.19. The number of fused-ring (bicyclic) bond motifs is 3. The summed E-state index contributed by atoms with van der Waals surface area (Å²) < 4.78 is 5.75. The fraction of sp³-hybridized carbons (Fsp3) is 0.500. The van der Waals surface area contributed by atoms with E-state index in [-0.39, 0.29) is 11.9 Å². The third-order valence-electron chi connectivity index (χ3n) is 5.16. The van der Waals surface area contributed by atoms with Gasteiger partial charge in [0.1, 0.15) is 5.58 Å². The Labute approximate surface area is 130 Å². The minimum atomic E-state index is -0.0854. The van der Waals surface area contributed by atoms with Crippen LogP contribution in [-0.4, -0.2) is 24.0 Å². The van der Waals surface area contributed by atoms with Crippen LogP contribution < -0.4 is 10.6 Å². The van der Waals surface area contributed by atoms with Crippen LogP contribution in [0.15, 0.2) is 22.6 Å². The number of hydrogen-bond donors (Lipinski definition) is 2. The first-order chi connectivity index (χ1) is 10.6. The number of carbonyl (C=O) groups is 1. The van der Waals surface area contributed by atoms with Crippen molar-refractivity contribution in [2.75, 3.05) is 0 Å². The molecule has 2 aromatic rings. The third-order valence-corrected chi connectivity index (χ3v) is 5.16. The second-order valence-electron chi connectivity index (χ2n) is 6.86. The predicted octanol–water partition coefficient (Wildman–Crippen LogP) is 3.06. The van der Waals surface area contributed by atoms with Gasteiger partial charge in [0.15, 0.2) is 5.76 Å². The Bertz CT molecular complexity index is 683. The van der Waals surface area contributed by atoms with Gasteiger partial charge in [-0.1, -0.05) is 0 Å². The highest BCUT2D eigenvalue weighted by atomic mass is 16.3. The molecule has 3 heterocycles. The van der Waals surface area contributed by atoms with Crippen LogP contribution in [0.2, 0.25) is 0 Å². The van der Waals surface area contributed by atoms with Gasteiger partial charge in [-0.05, 0) is 68.9 Å². The first-order valence-corrected chi connectivity index (χ1v) is 8.16. The van der Waals surface area contributed by atoms with Crippen molar-refractivity contribution in [2.24, 2.45) is 0 Å². The van der Waals surface area contributed by atoms with Crippen LogP contribution in [0.4, 0.5) is 0 Å². The topological polar surface area (TPSA) is 54.3 Å². The minimum absolute atomic E-state index is 0.0854. The highest BCUT2D eigenvalue weighted by molar-refractivity contribution is 5.96. The highest BCUT2D eigenvalue weighted by Crippen LogP contribution is 2.27. The molecule has 1 aromatic heterocycles. The molecule has 2 unspecified atom stereocenters. The average Bonchev–Trinajstić information content (AvgIpc) is 3.03. The SMILES string of the molecule is Cc1cc2cc(C(=O)NC3CC4CCC(C3)N4)oc2cc1C. The molecule has 0 saturated carbocycles. The molecule has 2 fully saturated rings. The zero-order chi connectivity index (χ0) is 15.3. The molecule has 1 amide bonds. The number of amides is 1. The molecule has 2 atom stereocenters. The maximum Gasteiger partial charge on any atom is 0.287 e. The third kappa shape index (κ3) is 2.41. The van der Waals surface area contributed by atoms with Gasteiger partial charge in [0.05, 0.1) is 0 Å². The van der Waals surface area contributed by atoms with Crippen LogP contribution >= 0.6 is 0 Å². The Kier molecular flexibility index (Phi) is 3.22. The van der Waals surface area contributed by atoms with Crippen molar-refractivity contribution in [1.82, 2.24) is 10.6 Å². The summed E-state index contributed by atoms with van der Waals surface area (Å²) in [4.78, 5) is 12.5. The molecule has 116 valence electrons. The van der Waals surface area contributed by atoms with E-state index in [4.69, 9.17) is 4.42 Å². The van der Waals surface area contributed by atoms with Crippen molar-refractivity contribution >= 4 is 16.9 Å². The van der Waals surface area contributed by atoms with Gasteiger partial charge in [0.2, 0.25) is 0 Å². The Morgan fingerprint density at radius 2 is 1.82 bits per heavy atom. The lowest BCUT2D eigenvalue weighted by Gasteiger charge is -2.29. The van der Waals surface area contributed by atoms with E-state index < -0.39 is 0 Å². The quantitative estimate of drug-likeness (QED) is 0.896. The van der Waals surface area contributed by atoms with Crippen LogP contribution in [0.1, 0.15) is 47.4 Å². The van der Waals surface area contributed by atoms with E-state index in [0.717, 1.165) is 23.8 Å². The van der Waals surface area contributed by atoms with E-state index in [0.29, 0.717) is 17.8 Å². The van der Waals surface area contributed by atoms with Gasteiger partial charge < -0.3 is 15.1 Å². The fourth-order valence-corrected chi connectivity index (χ4v) is 3.85. The molecule has 2 N–H and O–H groups in total. The van der Waals surface area contributed by atoms with E-state index in [1.165, 1.54) is 24.0 Å². The molecule has 22 heavy (non-hydrogen) atoms. The minimum Gasteiger partial charge on any atom is -0.451 e. The number of rotatable bonds is 2. The van der Waals surface area contributed by atoms with Crippen LogP contribution in [0, 0.1) is 13.8 Å². The number of benzene rings is 1. The van der Waals surface area contributed by atoms with Crippen molar-refractivity contribution < 1.29 is 9.21 Å². The second kappa shape index (κ2) is 5.13. The summed E-state index contributed by atoms with van der Waals surface area (Å²) in [6, 6.07) is 7.35. The van der Waals surface area contributed by atoms with Crippen LogP contribution in [0.3, 0.4) is 0 Å². The fourth-order valence-electron chi connectivity index (χ4n) is 3.85. The summed E-state index contributed by atoms with van der Waals surface area (Å²) in [5, 5.41) is 7.74. The summed E-state index contributed by atoms with van der Waals surface area (Å²) >= 11 is 0. The van der Waals surface area contributed by atoms with Crippen molar-refractivity contribution in [1.29, 1.82) is 0 Å². The van der Waals surface area contributed by atoms with E-state index in [1.54, 1.807) is 0 Å². The summed E-state index contributed by atoms with van der Waals surface area (Å²) in [5.74, 6) is 0.337. The Hall–Kier alpha value is -1.81. The molecule has 0 radical (unpaired) electrons. The number of piperidine rings is 1. The molecular formula is C18H22N2O2. The standard InChI is InChI=1S/C18H22N2O2/c1-10-5-12-7-17(22-16(12)6-11(10)2)18(21)20-15-8-13-3-4-14(9-15)19-13/h5-7,13-15,19H,3-4,8-9H2,1-2H3,(H,20,21). The largest absolute Gasteiger partial charge is 0.451 e. The van der Waals surface area contributed by atoms with Crippen LogP contribution in [-0.2, 0) is 0 Å². The summed E-state index contributed by atoms with van der Waals surface area (Å²) in [6.45, 7) is 4.13. The normalized spacial score (nSPS) is 27.3. The Morgan fingerprint density at radius 1 is 1.14 bits per heavy atom. The molecule has 2 bridgehead atoms. The average molecular weight is 298 g/mol. The van der Waals surface area contributed by atoms with Crippen molar-refractivity contribution in [3.05, 3.63) is 35.1 Å². The lowest BCUT2D eigenvalue weighted by molar-refractivity contribution is 0.0898. The summed E-state index contributed by atoms with van der Waals surface area (Å²) in [6.07, 6.45) is 4.53. The van der Waals surface area contributed by atoms with Crippen LogP contribution in [0.5, 0.6) is 0 Å². The molecule has 0 aliphatic carbocycles. The second-order valence-corrected chi connectivity index (χ2v) is 6.86. The van der Waals surface area contributed by atoms with Gasteiger partial charge in [-0.15, -0.1) is 0 Å². The first kappa shape index (κ1) is 13.8. The maximum absolute atomic E-state index is 12.5. The molecule has 2 saturated heterocycles. The monoisotopic (exact) mass is 298 g/mol. The molecule has 4 rings (SSSR count). The molecule has 4 heteroatoms. The van der Waals surface area contributed by atoms with E-state index in [9.17, 15) is 4.79 Å². The van der Waals surface area contributed by atoms with E-state index >= 15 is 0 Å². The smallest absolute Gasteiger partial charge is 0.287 e. The van der Waals surface area contributed by atoms with Crippen LogP contribution in [0.25, 0.3) is 11.0 Å². The van der Waals surface area contributed by atoms with Gasteiger partial charge in [0.25, 0.3) is 5.91 Å². The number of furan rings is 1. The summed E-state index contributed by atoms with van der Waals surface area (Å²) in [7, 11) is 0. The predicted molar refractivity (Wildman–Crippen MR) is 86.1 cm³/mol. The van der Waals surface area contributed by atoms with Crippen molar-refractivity contribution in [3.63, 3.8) is 0 Å². The first-order valence-electron chi connectivity index (χ1n) is 8.16. The van der Waals surface area contributed by atoms with Gasteiger partial charge in [-0.2, -0.15) is 0 Å². The molecule has 4 nitrogen and oxygen atoms in total. The molecule has 2 aliphatic heterocycles. The van der Waals surface area contributed by atoms with Crippen molar-refractivity contribution in [3.8, 4) is 0 Å². The van der Waals surface area contributed by atoms with Gasteiger partial charge in [0, 0.05) is 23.5 Å². The van der Waals surface area contributed by atoms with E-state index in [1.807, 2.05) is 12.1 Å². The van der Waals surface area contributed by atoms with Gasteiger partial charge in [-0.25, -0.2) is 0 Å². The molecule has 1 aromatic carbocycles. The lowest BCUT2D eigenvalue weighted by Crippen LogP contribution is -2.47. The lowest BCUT2D eigenvalue weighted by atomic mass is 10.00. The maximum atomic E-state index is 12.5. The Balaban J connectivity index is 1.52. The highest BCUT2D eigenvalue weighted by Gasteiger charge is 2.34. The molecule has 0 spiro atoms. The number of hydrogen-bond acceptors (Lipinski definition) is 3. The van der Waals surface area contributed by atoms with Crippen molar-refractivity contribution in [2.45, 2.75) is 57.7 Å². The molecule has 2 aliphatic rings. The number of carbonyl (C=O) groups excluding carboxylic acids is 1. The van der Waals surface area contributed by atoms with Gasteiger partial charge >= 0.3 is 0 Å². The van der Waals surface area contributed by atoms with Gasteiger partial charge in [-0.3, -0.25) is 4.79 Å². The number of aryl methyl sites for hydroxylation is 2.